The van der Waals surface area contributed by atoms with Gasteiger partial charge in [-0.25, -0.2) is 0 Å². The summed E-state index contributed by atoms with van der Waals surface area (Å²) < 4.78 is 0. The standard InChI is InChI=1S/C9H14O/c10-8-4-7-5-1-2-6(3-5)9(7)8/h5-10H,1-4H2/t5-,6+,7-,8-,9+/m1/s1. The van der Waals surface area contributed by atoms with E-state index >= 15 is 0 Å². The summed E-state index contributed by atoms with van der Waals surface area (Å²) in [4.78, 5) is 0. The van der Waals surface area contributed by atoms with E-state index in [-0.39, 0.29) is 6.10 Å². The van der Waals surface area contributed by atoms with Crippen molar-refractivity contribution in [3.63, 3.8) is 0 Å². The van der Waals surface area contributed by atoms with Gasteiger partial charge in [-0.2, -0.15) is 0 Å². The molecule has 2 bridgehead atoms. The van der Waals surface area contributed by atoms with E-state index in [2.05, 4.69) is 0 Å². The highest BCUT2D eigenvalue weighted by Gasteiger charge is 2.56. The molecular weight excluding hydrogens is 124 g/mol. The Morgan fingerprint density at radius 1 is 1.00 bits per heavy atom. The van der Waals surface area contributed by atoms with Gasteiger partial charge in [-0.1, -0.05) is 0 Å². The van der Waals surface area contributed by atoms with Gasteiger partial charge in [0.2, 0.25) is 0 Å². The Hall–Kier alpha value is -0.0400. The molecule has 0 amide bonds. The molecule has 0 spiro atoms. The quantitative estimate of drug-likeness (QED) is 0.536. The minimum Gasteiger partial charge on any atom is -0.393 e. The van der Waals surface area contributed by atoms with Gasteiger partial charge in [-0.05, 0) is 49.4 Å². The average molecular weight is 138 g/mol. The first-order valence-corrected chi connectivity index (χ1v) is 4.54. The molecule has 1 nitrogen and oxygen atoms in total. The molecule has 56 valence electrons. The monoisotopic (exact) mass is 138 g/mol. The first-order chi connectivity index (χ1) is 4.86. The molecule has 0 aliphatic heterocycles. The highest BCUT2D eigenvalue weighted by Crippen LogP contribution is 2.60. The molecule has 0 radical (unpaired) electrons. The molecule has 0 aromatic heterocycles. The van der Waals surface area contributed by atoms with Crippen molar-refractivity contribution in [2.45, 2.75) is 31.8 Å². The number of rotatable bonds is 0. The fourth-order valence-corrected chi connectivity index (χ4v) is 3.64. The van der Waals surface area contributed by atoms with Gasteiger partial charge >= 0.3 is 0 Å². The third kappa shape index (κ3) is 0.460. The Labute approximate surface area is 61.4 Å². The minimum absolute atomic E-state index is 0.0975. The van der Waals surface area contributed by atoms with Crippen LogP contribution >= 0.6 is 0 Å². The van der Waals surface area contributed by atoms with Gasteiger partial charge in [0.05, 0.1) is 6.10 Å². The van der Waals surface area contributed by atoms with Crippen LogP contribution in [0.25, 0.3) is 0 Å². The molecule has 10 heavy (non-hydrogen) atoms. The molecule has 3 fully saturated rings. The van der Waals surface area contributed by atoms with E-state index in [4.69, 9.17) is 0 Å². The number of fused-ring (bicyclic) bond motifs is 5. The van der Waals surface area contributed by atoms with E-state index in [1.807, 2.05) is 0 Å². The Morgan fingerprint density at radius 3 is 2.40 bits per heavy atom. The Balaban J connectivity index is 1.89. The summed E-state index contributed by atoms with van der Waals surface area (Å²) in [5.41, 5.74) is 0. The van der Waals surface area contributed by atoms with E-state index in [1.165, 1.54) is 19.3 Å². The van der Waals surface area contributed by atoms with Gasteiger partial charge in [0.25, 0.3) is 0 Å². The first kappa shape index (κ1) is 5.59. The van der Waals surface area contributed by atoms with Crippen LogP contribution < -0.4 is 0 Å². The van der Waals surface area contributed by atoms with Gasteiger partial charge in [-0.3, -0.25) is 0 Å². The van der Waals surface area contributed by atoms with Crippen molar-refractivity contribution in [3.05, 3.63) is 0 Å². The fourth-order valence-electron chi connectivity index (χ4n) is 3.64. The van der Waals surface area contributed by atoms with Gasteiger partial charge in [0.15, 0.2) is 0 Å². The lowest BCUT2D eigenvalue weighted by atomic mass is 9.64. The third-order valence-electron chi connectivity index (χ3n) is 4.12. The molecule has 5 atom stereocenters. The van der Waals surface area contributed by atoms with Crippen LogP contribution in [0.1, 0.15) is 25.7 Å². The first-order valence-electron chi connectivity index (χ1n) is 4.54. The van der Waals surface area contributed by atoms with Gasteiger partial charge < -0.3 is 5.11 Å². The molecule has 0 aromatic rings. The molecule has 0 unspecified atom stereocenters. The van der Waals surface area contributed by atoms with Crippen LogP contribution in [0.15, 0.2) is 0 Å². The van der Waals surface area contributed by atoms with Crippen molar-refractivity contribution >= 4 is 0 Å². The minimum atomic E-state index is 0.0975. The maximum absolute atomic E-state index is 9.44. The Morgan fingerprint density at radius 2 is 1.80 bits per heavy atom. The second-order valence-corrected chi connectivity index (χ2v) is 4.38. The molecule has 0 heterocycles. The van der Waals surface area contributed by atoms with Crippen molar-refractivity contribution < 1.29 is 5.11 Å². The SMILES string of the molecule is O[C@@H]1C[C@@H]2[C@@H]3CC[C@@H](C3)[C@@H]21. The van der Waals surface area contributed by atoms with Crippen molar-refractivity contribution in [2.75, 3.05) is 0 Å². The van der Waals surface area contributed by atoms with Crippen molar-refractivity contribution in [3.8, 4) is 0 Å². The Kier molecular flexibility index (Phi) is 0.883. The topological polar surface area (TPSA) is 20.2 Å². The van der Waals surface area contributed by atoms with E-state index in [1.54, 1.807) is 0 Å². The lowest BCUT2D eigenvalue weighted by Crippen LogP contribution is -2.44. The summed E-state index contributed by atoms with van der Waals surface area (Å²) in [5.74, 6) is 3.66. The molecule has 3 aliphatic carbocycles. The largest absolute Gasteiger partial charge is 0.393 e. The molecule has 1 N–H and O–H groups in total. The summed E-state index contributed by atoms with van der Waals surface area (Å²) >= 11 is 0. The zero-order valence-electron chi connectivity index (χ0n) is 6.16. The fraction of sp³-hybridized carbons (Fsp3) is 1.00. The summed E-state index contributed by atoms with van der Waals surface area (Å²) in [6.07, 6.45) is 5.57. The van der Waals surface area contributed by atoms with Gasteiger partial charge in [-0.15, -0.1) is 0 Å². The van der Waals surface area contributed by atoms with E-state index < -0.39 is 0 Å². The molecule has 3 rings (SSSR count). The number of aliphatic hydroxyl groups is 1. The Bertz CT molecular complexity index is 164. The molecule has 0 saturated heterocycles. The normalized spacial score (nSPS) is 63.9. The predicted octanol–water partition coefficient (Wildman–Crippen LogP) is 1.41. The summed E-state index contributed by atoms with van der Waals surface area (Å²) in [7, 11) is 0. The summed E-state index contributed by atoms with van der Waals surface area (Å²) in [6.45, 7) is 0. The second-order valence-electron chi connectivity index (χ2n) is 4.38. The smallest absolute Gasteiger partial charge is 0.0576 e. The zero-order chi connectivity index (χ0) is 6.72. The van der Waals surface area contributed by atoms with Crippen LogP contribution in [0.3, 0.4) is 0 Å². The number of hydrogen-bond donors (Lipinski definition) is 1. The summed E-state index contributed by atoms with van der Waals surface area (Å²) in [5, 5.41) is 9.44. The van der Waals surface area contributed by atoms with E-state index in [9.17, 15) is 5.11 Å². The van der Waals surface area contributed by atoms with Crippen LogP contribution in [0.5, 0.6) is 0 Å². The molecule has 3 saturated carbocycles. The van der Waals surface area contributed by atoms with Crippen LogP contribution in [0, 0.1) is 23.7 Å². The highest BCUT2D eigenvalue weighted by atomic mass is 16.3. The lowest BCUT2D eigenvalue weighted by molar-refractivity contribution is -0.0621. The van der Waals surface area contributed by atoms with Crippen molar-refractivity contribution in [1.29, 1.82) is 0 Å². The van der Waals surface area contributed by atoms with E-state index in [0.717, 1.165) is 30.1 Å². The van der Waals surface area contributed by atoms with Crippen LogP contribution in [0.2, 0.25) is 0 Å². The average Bonchev–Trinajstić information content (AvgIpc) is 2.40. The van der Waals surface area contributed by atoms with Crippen LogP contribution in [-0.2, 0) is 0 Å². The molecule has 1 heteroatoms. The molecular formula is C9H14O. The van der Waals surface area contributed by atoms with E-state index in [0.29, 0.717) is 0 Å². The number of hydrogen-bond acceptors (Lipinski definition) is 1. The lowest BCUT2D eigenvalue weighted by Gasteiger charge is -2.44. The predicted molar refractivity (Wildman–Crippen MR) is 38.4 cm³/mol. The molecule has 0 aromatic carbocycles. The zero-order valence-corrected chi connectivity index (χ0v) is 6.16. The van der Waals surface area contributed by atoms with Gasteiger partial charge in [0.1, 0.15) is 0 Å². The maximum Gasteiger partial charge on any atom is 0.0576 e. The highest BCUT2D eigenvalue weighted by molar-refractivity contribution is 5.05. The second kappa shape index (κ2) is 1.58. The number of aliphatic hydroxyl groups excluding tert-OH is 1. The summed E-state index contributed by atoms with van der Waals surface area (Å²) in [6, 6.07) is 0. The van der Waals surface area contributed by atoms with Gasteiger partial charge in [0, 0.05) is 0 Å². The van der Waals surface area contributed by atoms with Crippen molar-refractivity contribution in [1.82, 2.24) is 0 Å². The van der Waals surface area contributed by atoms with Crippen molar-refractivity contribution in [2.24, 2.45) is 23.7 Å². The van der Waals surface area contributed by atoms with Crippen LogP contribution in [0.4, 0.5) is 0 Å². The molecule has 3 aliphatic rings. The van der Waals surface area contributed by atoms with Crippen LogP contribution in [-0.4, -0.2) is 11.2 Å². The maximum atomic E-state index is 9.44. The third-order valence-corrected chi connectivity index (χ3v) is 4.12.